The van der Waals surface area contributed by atoms with Gasteiger partial charge in [-0.2, -0.15) is 206 Å². The van der Waals surface area contributed by atoms with Crippen LogP contribution in [0.1, 0.15) is 6.42 Å². The summed E-state index contributed by atoms with van der Waals surface area (Å²) in [4.78, 5) is 0. The molecule has 0 amide bonds. The Labute approximate surface area is 446 Å². The highest BCUT2D eigenvalue weighted by Crippen LogP contribution is 2.79. The molecule has 0 nitrogen and oxygen atoms in total. The lowest BCUT2D eigenvalue weighted by Gasteiger charge is -2.44. The van der Waals surface area contributed by atoms with Gasteiger partial charge in [-0.05, 0) is 47.0 Å². The molecule has 0 N–H and O–H groups in total. The predicted molar refractivity (Wildman–Crippen MR) is 181 cm³/mol. The van der Waals surface area contributed by atoms with E-state index in [1.165, 1.54) is 0 Å². The molecule has 0 aliphatic carbocycles. The van der Waals surface area contributed by atoms with Gasteiger partial charge in [0, 0.05) is 11.8 Å². The average Bonchev–Trinajstić information content (AvgIpc) is 4.11. The molecule has 7 rings (SSSR count). The smallest absolute Gasteiger partial charge is 0.216 e. The van der Waals surface area contributed by atoms with Gasteiger partial charge in [0.15, 0.2) is 4.75 Å². The fraction of sp³-hybridized carbons (Fsp3) is 1.00. The van der Waals surface area contributed by atoms with Gasteiger partial charge in [-0.25, -0.2) is 13.2 Å². The van der Waals surface area contributed by atoms with Crippen LogP contribution in [0.15, 0.2) is 0 Å². The van der Waals surface area contributed by atoms with E-state index in [4.69, 9.17) is 0 Å². The first-order chi connectivity index (χ1) is 34.9. The topological polar surface area (TPSA) is 0 Å². The van der Waals surface area contributed by atoms with Crippen molar-refractivity contribution in [3.63, 3.8) is 0 Å². The standard InChI is InChI=1S/C5F10S.C5H2F8S.2C4F8S.2C3F6S.C2F4S/c6-1(7)2(8,9)4(12,13)16-5(14,15)3(1,10)11;6-3(7,8)1-2(4(9,10)11)5(12,13)14-2;5-1(3(7,8)9)2(6,13-1)4(10,11)12;5-1(6)2(7,8)4(11,12)13-3(1,9)10;4-1(2(5,6)7)3(8,9)10-1;4-1(5)2(6,7)10-3(1,8)9;3-1(4)2(5,6)7-1/h;1H2;;;;;. The van der Waals surface area contributed by atoms with E-state index in [1.54, 1.807) is 0 Å². The monoisotopic (exact) mass is 1490 g/mol. The van der Waals surface area contributed by atoms with E-state index < -0.39 is 227 Å². The maximum atomic E-state index is 12.3. The quantitative estimate of drug-likeness (QED) is 0.187. The second-order valence-electron chi connectivity index (χ2n) is 14.7. The van der Waals surface area contributed by atoms with Crippen LogP contribution in [0.4, 0.5) is 220 Å². The molecule has 57 heteroatoms. The summed E-state index contributed by atoms with van der Waals surface area (Å²) < 4.78 is 586. The summed E-state index contributed by atoms with van der Waals surface area (Å²) in [7, 11) is 0. The van der Waals surface area contributed by atoms with Crippen molar-refractivity contribution in [1.82, 2.24) is 0 Å². The van der Waals surface area contributed by atoms with Crippen molar-refractivity contribution in [2.45, 2.75) is 145 Å². The molecule has 0 aromatic heterocycles. The Balaban J connectivity index is 0.000000489. The zero-order valence-electron chi connectivity index (χ0n) is 35.0. The van der Waals surface area contributed by atoms with Crippen molar-refractivity contribution in [3.8, 4) is 0 Å². The van der Waals surface area contributed by atoms with Crippen LogP contribution >= 0.6 is 82.3 Å². The Morgan fingerprint density at radius 2 is 0.373 bits per heavy atom. The van der Waals surface area contributed by atoms with E-state index in [9.17, 15) is 220 Å². The van der Waals surface area contributed by atoms with Gasteiger partial charge in [0.2, 0.25) is 0 Å². The summed E-state index contributed by atoms with van der Waals surface area (Å²) in [5.41, 5.74) is 0. The van der Waals surface area contributed by atoms with Gasteiger partial charge in [-0.15, -0.1) is 0 Å². The number of rotatable bonds is 1. The molecule has 7 aliphatic heterocycles. The summed E-state index contributed by atoms with van der Waals surface area (Å²) in [6.45, 7) is 0. The predicted octanol–water partition coefficient (Wildman–Crippen LogP) is 20.8. The molecular formula is C26H2F50S7. The summed E-state index contributed by atoms with van der Waals surface area (Å²) >= 11 is -9.90. The molecule has 7 saturated heterocycles. The normalized spacial score (nSPS) is 34.6. The lowest BCUT2D eigenvalue weighted by atomic mass is 10.0. The zero-order valence-corrected chi connectivity index (χ0v) is 40.7. The van der Waals surface area contributed by atoms with Crippen LogP contribution < -0.4 is 0 Å². The third-order valence-electron chi connectivity index (χ3n) is 8.69. The largest absolute Gasteiger partial charge is 0.439 e. The molecule has 7 fully saturated rings. The van der Waals surface area contributed by atoms with E-state index in [1.807, 2.05) is 0 Å². The fourth-order valence-corrected chi connectivity index (χ4v) is 8.90. The minimum atomic E-state index is -6.85. The molecule has 4 atom stereocenters. The zero-order chi connectivity index (χ0) is 68.2. The molecule has 0 saturated carbocycles. The molecule has 0 spiro atoms. The Morgan fingerprint density at radius 1 is 0.181 bits per heavy atom. The maximum absolute atomic E-state index is 12.3. The molecule has 83 heavy (non-hydrogen) atoms. The van der Waals surface area contributed by atoms with E-state index >= 15 is 0 Å². The van der Waals surface area contributed by atoms with Crippen molar-refractivity contribution < 1.29 is 220 Å². The Bertz CT molecular complexity index is 2180. The second-order valence-corrected chi connectivity index (χ2v) is 23.7. The average molecular weight is 1490 g/mol. The Kier molecular flexibility index (Phi) is 20.2. The van der Waals surface area contributed by atoms with Gasteiger partial charge in [0.05, 0.1) is 6.42 Å². The van der Waals surface area contributed by atoms with Crippen LogP contribution in [0.2, 0.25) is 0 Å². The summed E-state index contributed by atoms with van der Waals surface area (Å²) in [6, 6.07) is 0. The molecular weight excluding hydrogens is 1490 g/mol. The molecule has 0 aromatic carbocycles. The first-order valence-electron chi connectivity index (χ1n) is 17.3. The SMILES string of the molecule is FC(F)(F)C1(F)SC1(F)C(F)(F)F.FC(F)(F)C1(F)SC1(F)F.FC(F)(F)CC1(C(F)(F)F)SC1(F)F.FC1(F)SC(F)(F)C(F)(F)C(F)(F)C1(F)F.FC1(F)SC(F)(F)C(F)(F)C1(F)F.FC1(F)SC(F)(F)C1(F)F.FC1(F)SC1(F)F. The van der Waals surface area contributed by atoms with Gasteiger partial charge < -0.3 is 0 Å². The third kappa shape index (κ3) is 13.7. The van der Waals surface area contributed by atoms with E-state index in [0.717, 1.165) is 0 Å². The van der Waals surface area contributed by atoms with Gasteiger partial charge in [0.25, 0.3) is 0 Å². The Morgan fingerprint density at radius 3 is 0.458 bits per heavy atom. The number of halogens is 50. The Hall–Kier alpha value is -1.05. The van der Waals surface area contributed by atoms with Gasteiger partial charge in [-0.3, -0.25) is 0 Å². The second kappa shape index (κ2) is 21.0. The van der Waals surface area contributed by atoms with Crippen molar-refractivity contribution in [2.75, 3.05) is 0 Å². The van der Waals surface area contributed by atoms with E-state index in [-0.39, 0.29) is 0 Å². The van der Waals surface area contributed by atoms with Crippen molar-refractivity contribution in [2.24, 2.45) is 0 Å². The molecule has 0 radical (unpaired) electrons. The third-order valence-corrected chi connectivity index (χ3v) is 16.5. The van der Waals surface area contributed by atoms with Crippen LogP contribution in [-0.2, 0) is 0 Å². The van der Waals surface area contributed by atoms with E-state index in [2.05, 4.69) is 0 Å². The molecule has 0 bridgehead atoms. The molecule has 4 unspecified atom stereocenters. The number of hydrogen-bond donors (Lipinski definition) is 0. The van der Waals surface area contributed by atoms with Gasteiger partial charge in [0.1, 0.15) is 0 Å². The summed E-state index contributed by atoms with van der Waals surface area (Å²) in [5, 5.41) is -62.4. The van der Waals surface area contributed by atoms with Crippen molar-refractivity contribution >= 4 is 82.3 Å². The minimum absolute atomic E-state index is 0.616. The number of alkyl halides is 50. The van der Waals surface area contributed by atoms with Crippen LogP contribution in [0.25, 0.3) is 0 Å². The number of thioether (sulfide) groups is 7. The summed E-state index contributed by atoms with van der Waals surface area (Å²) in [5.74, 6) is -37.3. The molecule has 7 heterocycles. The fourth-order valence-electron chi connectivity index (χ4n) is 4.01. The lowest BCUT2D eigenvalue weighted by molar-refractivity contribution is -0.385. The highest BCUT2D eigenvalue weighted by Gasteiger charge is 2.96. The molecule has 498 valence electrons. The van der Waals surface area contributed by atoms with Crippen molar-refractivity contribution in [1.29, 1.82) is 0 Å². The van der Waals surface area contributed by atoms with Gasteiger partial charge >= 0.3 is 134 Å². The maximum Gasteiger partial charge on any atom is 0.439 e. The van der Waals surface area contributed by atoms with Crippen LogP contribution in [0.3, 0.4) is 0 Å². The summed E-state index contributed by atoms with van der Waals surface area (Å²) in [6.07, 6.45) is -30.6. The molecule has 0 aromatic rings. The lowest BCUT2D eigenvalue weighted by Crippen LogP contribution is -2.71. The number of hydrogen-bond acceptors (Lipinski definition) is 7. The van der Waals surface area contributed by atoms with Crippen LogP contribution in [-0.4, -0.2) is 139 Å². The van der Waals surface area contributed by atoms with Crippen LogP contribution in [0, 0.1) is 0 Å². The highest BCUT2D eigenvalue weighted by molar-refractivity contribution is 8.10. The van der Waals surface area contributed by atoms with Crippen molar-refractivity contribution in [3.05, 3.63) is 0 Å². The highest BCUT2D eigenvalue weighted by atomic mass is 32.2. The van der Waals surface area contributed by atoms with Gasteiger partial charge in [-0.1, -0.05) is 23.5 Å². The van der Waals surface area contributed by atoms with Crippen LogP contribution in [0.5, 0.6) is 0 Å². The molecule has 7 aliphatic rings. The van der Waals surface area contributed by atoms with E-state index in [0.29, 0.717) is 0 Å². The first kappa shape index (κ1) is 80.0. The minimum Gasteiger partial charge on any atom is -0.216 e. The first-order valence-corrected chi connectivity index (χ1v) is 23.0.